The molecule has 0 saturated heterocycles. The van der Waals surface area contributed by atoms with Gasteiger partial charge < -0.3 is 0 Å². The van der Waals surface area contributed by atoms with E-state index in [9.17, 15) is 9.59 Å². The monoisotopic (exact) mass is 302 g/mol. The summed E-state index contributed by atoms with van der Waals surface area (Å²) in [4.78, 5) is 24.5. The largest absolute Gasteiger partial charge is 0.294 e. The molecule has 23 heavy (non-hydrogen) atoms. The Bertz CT molecular complexity index is 816. The molecular weight excluding hydrogens is 284 g/mol. The van der Waals surface area contributed by atoms with Crippen molar-refractivity contribution in [3.05, 3.63) is 57.6 Å². The third kappa shape index (κ3) is 1.87. The third-order valence-electron chi connectivity index (χ3n) is 5.63. The molecule has 5 rings (SSSR count). The Labute approximate surface area is 135 Å². The number of fused-ring (bicyclic) bond motifs is 5. The molecule has 3 aliphatic rings. The molecule has 0 saturated carbocycles. The Kier molecular flexibility index (Phi) is 2.67. The zero-order valence-corrected chi connectivity index (χ0v) is 13.1. The molecular formula is C21H18O2. The molecule has 0 atom stereocenters. The van der Waals surface area contributed by atoms with E-state index >= 15 is 0 Å². The molecule has 0 aliphatic heterocycles. The lowest BCUT2D eigenvalue weighted by Gasteiger charge is -2.18. The van der Waals surface area contributed by atoms with Crippen molar-refractivity contribution in [2.75, 3.05) is 0 Å². The van der Waals surface area contributed by atoms with E-state index in [1.165, 1.54) is 33.4 Å². The average Bonchev–Trinajstić information content (AvgIpc) is 2.89. The topological polar surface area (TPSA) is 34.1 Å². The molecule has 0 bridgehead atoms. The van der Waals surface area contributed by atoms with Gasteiger partial charge in [-0.3, -0.25) is 9.59 Å². The fourth-order valence-corrected chi connectivity index (χ4v) is 4.47. The van der Waals surface area contributed by atoms with Gasteiger partial charge in [0.2, 0.25) is 0 Å². The molecule has 3 aliphatic carbocycles. The van der Waals surface area contributed by atoms with E-state index in [0.717, 1.165) is 43.2 Å². The number of Topliss-reactive ketones (excluding diaryl/α,β-unsaturated/α-hetero) is 2. The summed E-state index contributed by atoms with van der Waals surface area (Å²) in [5, 5.41) is 0. The number of rotatable bonds is 0. The minimum atomic E-state index is 0.275. The maximum absolute atomic E-state index is 12.2. The highest BCUT2D eigenvalue weighted by Gasteiger charge is 2.27. The summed E-state index contributed by atoms with van der Waals surface area (Å²) in [5.41, 5.74) is 9.25. The van der Waals surface area contributed by atoms with Gasteiger partial charge in [0.05, 0.1) is 0 Å². The molecule has 0 amide bonds. The second kappa shape index (κ2) is 4.64. The van der Waals surface area contributed by atoms with Gasteiger partial charge >= 0.3 is 0 Å². The molecule has 0 fully saturated rings. The first-order valence-electron chi connectivity index (χ1n) is 8.59. The van der Waals surface area contributed by atoms with Crippen LogP contribution < -0.4 is 0 Å². The van der Waals surface area contributed by atoms with E-state index in [1.807, 2.05) is 0 Å². The van der Waals surface area contributed by atoms with Gasteiger partial charge in [0.25, 0.3) is 0 Å². The molecule has 0 radical (unpaired) electrons. The lowest BCUT2D eigenvalue weighted by atomic mass is 9.86. The summed E-state index contributed by atoms with van der Waals surface area (Å²) >= 11 is 0. The average molecular weight is 302 g/mol. The lowest BCUT2D eigenvalue weighted by molar-refractivity contribution is 0.0964. The number of hydrogen-bond donors (Lipinski definition) is 0. The maximum atomic E-state index is 12.2. The van der Waals surface area contributed by atoms with Crippen LogP contribution in [-0.4, -0.2) is 11.6 Å². The van der Waals surface area contributed by atoms with Crippen molar-refractivity contribution in [1.82, 2.24) is 0 Å². The molecule has 0 aromatic heterocycles. The second-order valence-electron chi connectivity index (χ2n) is 7.06. The number of aryl methyl sites for hydroxylation is 2. The van der Waals surface area contributed by atoms with Crippen LogP contribution in [-0.2, 0) is 19.3 Å². The number of carbonyl (C=O) groups is 2. The molecule has 2 aromatic carbocycles. The Morgan fingerprint density at radius 2 is 1.00 bits per heavy atom. The van der Waals surface area contributed by atoms with Crippen molar-refractivity contribution in [2.45, 2.75) is 44.9 Å². The van der Waals surface area contributed by atoms with Crippen molar-refractivity contribution < 1.29 is 9.59 Å². The molecule has 0 unspecified atom stereocenters. The molecule has 114 valence electrons. The summed E-state index contributed by atoms with van der Waals surface area (Å²) in [7, 11) is 0. The van der Waals surface area contributed by atoms with Crippen molar-refractivity contribution in [3.8, 4) is 11.1 Å². The standard InChI is InChI=1S/C21H18O2/c22-20-5-1-3-12-7-14-9-15-8-13-4-2-6-21(23)19(13)11-17(15)16(14)10-18(12)20/h7-8,10-11H,1-6,9H2. The quantitative estimate of drug-likeness (QED) is 0.620. The minimum Gasteiger partial charge on any atom is -0.294 e. The minimum absolute atomic E-state index is 0.275. The summed E-state index contributed by atoms with van der Waals surface area (Å²) < 4.78 is 0. The smallest absolute Gasteiger partial charge is 0.163 e. The van der Waals surface area contributed by atoms with E-state index < -0.39 is 0 Å². The van der Waals surface area contributed by atoms with Crippen LogP contribution in [0.15, 0.2) is 24.3 Å². The van der Waals surface area contributed by atoms with E-state index in [4.69, 9.17) is 0 Å². The fraction of sp³-hybridized carbons (Fsp3) is 0.333. The van der Waals surface area contributed by atoms with Gasteiger partial charge in [-0.05, 0) is 77.6 Å². The van der Waals surface area contributed by atoms with Crippen LogP contribution in [0.25, 0.3) is 11.1 Å². The summed E-state index contributed by atoms with van der Waals surface area (Å²) in [6, 6.07) is 8.67. The summed E-state index contributed by atoms with van der Waals surface area (Å²) in [5.74, 6) is 0.549. The van der Waals surface area contributed by atoms with Crippen molar-refractivity contribution in [1.29, 1.82) is 0 Å². The molecule has 2 aromatic rings. The van der Waals surface area contributed by atoms with Crippen LogP contribution in [0.1, 0.15) is 68.7 Å². The normalized spacial score (nSPS) is 18.3. The predicted octanol–water partition coefficient (Wildman–Crippen LogP) is 4.30. The first-order chi connectivity index (χ1) is 11.2. The first-order valence-corrected chi connectivity index (χ1v) is 8.59. The van der Waals surface area contributed by atoms with E-state index in [0.29, 0.717) is 12.8 Å². The molecule has 2 heteroatoms. The second-order valence-corrected chi connectivity index (χ2v) is 7.06. The summed E-state index contributed by atoms with van der Waals surface area (Å²) in [6.07, 6.45) is 6.25. The predicted molar refractivity (Wildman–Crippen MR) is 89.2 cm³/mol. The van der Waals surface area contributed by atoms with Gasteiger partial charge in [0, 0.05) is 24.0 Å². The van der Waals surface area contributed by atoms with Crippen LogP contribution in [0.3, 0.4) is 0 Å². The highest BCUT2D eigenvalue weighted by Crippen LogP contribution is 2.42. The SMILES string of the molecule is O=C1CCCc2cc3c(cc21)-c1cc2c(cc1C3)CCCC2=O. The van der Waals surface area contributed by atoms with Crippen LogP contribution in [0.4, 0.5) is 0 Å². The van der Waals surface area contributed by atoms with E-state index in [2.05, 4.69) is 24.3 Å². The van der Waals surface area contributed by atoms with Crippen LogP contribution in [0.2, 0.25) is 0 Å². The first kappa shape index (κ1) is 13.2. The molecule has 0 heterocycles. The van der Waals surface area contributed by atoms with Crippen molar-refractivity contribution in [3.63, 3.8) is 0 Å². The zero-order chi connectivity index (χ0) is 15.6. The Morgan fingerprint density at radius 1 is 0.522 bits per heavy atom. The third-order valence-corrected chi connectivity index (χ3v) is 5.63. The van der Waals surface area contributed by atoms with Gasteiger partial charge in [-0.15, -0.1) is 0 Å². The lowest BCUT2D eigenvalue weighted by Crippen LogP contribution is -2.11. The Morgan fingerprint density at radius 3 is 1.48 bits per heavy atom. The van der Waals surface area contributed by atoms with E-state index in [1.54, 1.807) is 0 Å². The Hall–Kier alpha value is -2.22. The maximum Gasteiger partial charge on any atom is 0.163 e. The van der Waals surface area contributed by atoms with Crippen LogP contribution >= 0.6 is 0 Å². The molecule has 0 spiro atoms. The Balaban J connectivity index is 1.71. The van der Waals surface area contributed by atoms with Gasteiger partial charge in [-0.25, -0.2) is 0 Å². The number of benzene rings is 2. The van der Waals surface area contributed by atoms with Gasteiger partial charge in [0.15, 0.2) is 11.6 Å². The van der Waals surface area contributed by atoms with Crippen molar-refractivity contribution in [2.24, 2.45) is 0 Å². The molecule has 0 N–H and O–H groups in total. The number of ketones is 2. The molecule has 2 nitrogen and oxygen atoms in total. The fourth-order valence-electron chi connectivity index (χ4n) is 4.47. The number of hydrogen-bond acceptors (Lipinski definition) is 2. The van der Waals surface area contributed by atoms with Gasteiger partial charge in [-0.1, -0.05) is 12.1 Å². The zero-order valence-electron chi connectivity index (χ0n) is 13.1. The van der Waals surface area contributed by atoms with Gasteiger partial charge in [-0.2, -0.15) is 0 Å². The van der Waals surface area contributed by atoms with Crippen molar-refractivity contribution >= 4 is 11.6 Å². The number of carbonyl (C=O) groups excluding carboxylic acids is 2. The summed E-state index contributed by atoms with van der Waals surface area (Å²) in [6.45, 7) is 0. The van der Waals surface area contributed by atoms with Crippen LogP contribution in [0.5, 0.6) is 0 Å². The highest BCUT2D eigenvalue weighted by molar-refractivity contribution is 6.02. The van der Waals surface area contributed by atoms with E-state index in [-0.39, 0.29) is 11.6 Å². The highest BCUT2D eigenvalue weighted by atomic mass is 16.1. The van der Waals surface area contributed by atoms with Crippen LogP contribution in [0, 0.1) is 0 Å². The van der Waals surface area contributed by atoms with Gasteiger partial charge in [0.1, 0.15) is 0 Å².